The molecule has 1 heterocycles. The van der Waals surface area contributed by atoms with Gasteiger partial charge in [0.2, 0.25) is 0 Å². The van der Waals surface area contributed by atoms with Gasteiger partial charge in [-0.1, -0.05) is 37.3 Å². The Bertz CT molecular complexity index is 592. The summed E-state index contributed by atoms with van der Waals surface area (Å²) in [6.45, 7) is 6.73. The molecule has 1 aromatic heterocycles. The highest BCUT2D eigenvalue weighted by atomic mass is 32.1. The smallest absolute Gasteiger partial charge is 0.191 e. The second kappa shape index (κ2) is 10.0. The van der Waals surface area contributed by atoms with E-state index in [9.17, 15) is 0 Å². The predicted octanol–water partition coefficient (Wildman–Crippen LogP) is 3.05. The number of hydrogen-bond donors (Lipinski definition) is 2. The van der Waals surface area contributed by atoms with E-state index in [1.807, 2.05) is 6.07 Å². The summed E-state index contributed by atoms with van der Waals surface area (Å²) < 4.78 is 0. The second-order valence-electron chi connectivity index (χ2n) is 5.26. The van der Waals surface area contributed by atoms with E-state index in [2.05, 4.69) is 64.1 Å². The maximum atomic E-state index is 4.63. The fraction of sp³-hybridized carbons (Fsp3) is 0.444. The van der Waals surface area contributed by atoms with Crippen LogP contribution in [0.2, 0.25) is 0 Å². The minimum absolute atomic E-state index is 0.757. The summed E-state index contributed by atoms with van der Waals surface area (Å²) in [5.41, 5.74) is 2.49. The van der Waals surface area contributed by atoms with Crippen molar-refractivity contribution in [2.24, 2.45) is 4.99 Å². The van der Waals surface area contributed by atoms with E-state index in [1.165, 1.54) is 10.6 Å². The van der Waals surface area contributed by atoms with E-state index in [0.717, 1.165) is 50.6 Å². The van der Waals surface area contributed by atoms with E-state index in [0.29, 0.717) is 0 Å². The molecule has 0 unspecified atom stereocenters. The van der Waals surface area contributed by atoms with Crippen molar-refractivity contribution in [2.45, 2.75) is 33.1 Å². The Balaban J connectivity index is 1.77. The first kappa shape index (κ1) is 17.5. The fourth-order valence-corrected chi connectivity index (χ4v) is 3.00. The van der Waals surface area contributed by atoms with Crippen molar-refractivity contribution in [1.29, 1.82) is 0 Å². The van der Waals surface area contributed by atoms with E-state index in [1.54, 1.807) is 11.3 Å². The summed E-state index contributed by atoms with van der Waals surface area (Å²) in [6.07, 6.45) is 2.90. The predicted molar refractivity (Wildman–Crippen MR) is 99.3 cm³/mol. The summed E-state index contributed by atoms with van der Waals surface area (Å²) in [5.74, 6) is 0.884. The Labute approximate surface area is 143 Å². The van der Waals surface area contributed by atoms with Crippen LogP contribution in [-0.4, -0.2) is 30.6 Å². The van der Waals surface area contributed by atoms with Gasteiger partial charge >= 0.3 is 0 Å². The lowest BCUT2D eigenvalue weighted by atomic mass is 10.1. The third-order valence-electron chi connectivity index (χ3n) is 3.43. The molecule has 0 atom stereocenters. The van der Waals surface area contributed by atoms with Crippen molar-refractivity contribution in [3.8, 4) is 0 Å². The highest BCUT2D eigenvalue weighted by molar-refractivity contribution is 7.09. The lowest BCUT2D eigenvalue weighted by Gasteiger charge is -2.11. The second-order valence-corrected chi connectivity index (χ2v) is 6.20. The molecule has 0 amide bonds. The number of aryl methyl sites for hydroxylation is 1. The number of nitrogens with one attached hydrogen (secondary N) is 2. The first-order valence-corrected chi connectivity index (χ1v) is 9.19. The normalized spacial score (nSPS) is 11.5. The van der Waals surface area contributed by atoms with Gasteiger partial charge in [-0.2, -0.15) is 0 Å². The minimum atomic E-state index is 0.757. The summed E-state index contributed by atoms with van der Waals surface area (Å²) in [6, 6.07) is 10.5. The van der Waals surface area contributed by atoms with Gasteiger partial charge in [0.05, 0.1) is 10.7 Å². The third kappa shape index (κ3) is 6.40. The van der Waals surface area contributed by atoms with Crippen LogP contribution in [0.3, 0.4) is 0 Å². The number of hydrogen-bond acceptors (Lipinski definition) is 3. The molecule has 0 spiro atoms. The molecule has 0 bridgehead atoms. The highest BCUT2D eigenvalue weighted by Crippen LogP contribution is 2.10. The topological polar surface area (TPSA) is 49.3 Å². The van der Waals surface area contributed by atoms with Crippen LogP contribution >= 0.6 is 11.3 Å². The van der Waals surface area contributed by atoms with Gasteiger partial charge in [0.25, 0.3) is 0 Å². The highest BCUT2D eigenvalue weighted by Gasteiger charge is 2.01. The number of nitrogens with zero attached hydrogens (tertiary/aromatic N) is 2. The van der Waals surface area contributed by atoms with Crippen LogP contribution in [0, 0.1) is 0 Å². The standard InChI is InChI=1S/C18H26N4S/c1-3-17-22-16(14-23-17)11-13-21-18(19-4-2)20-12-10-15-8-6-5-7-9-15/h5-9,14H,3-4,10-13H2,1-2H3,(H2,19,20,21). The molecule has 0 saturated heterocycles. The fourth-order valence-electron chi connectivity index (χ4n) is 2.22. The molecule has 4 nitrogen and oxygen atoms in total. The third-order valence-corrected chi connectivity index (χ3v) is 4.47. The molecule has 2 aromatic rings. The molecule has 0 aliphatic carbocycles. The largest absolute Gasteiger partial charge is 0.357 e. The summed E-state index contributed by atoms with van der Waals surface area (Å²) in [5, 5.41) is 10.0. The Kier molecular flexibility index (Phi) is 7.60. The van der Waals surface area contributed by atoms with Crippen molar-refractivity contribution in [2.75, 3.05) is 19.6 Å². The molecular weight excluding hydrogens is 304 g/mol. The van der Waals surface area contributed by atoms with Gasteiger partial charge in [-0.05, 0) is 25.3 Å². The molecule has 1 aromatic carbocycles. The molecule has 0 radical (unpaired) electrons. The average Bonchev–Trinajstić information content (AvgIpc) is 3.04. The lowest BCUT2D eigenvalue weighted by Crippen LogP contribution is -2.38. The molecule has 2 rings (SSSR count). The van der Waals surface area contributed by atoms with Crippen LogP contribution in [0.25, 0.3) is 0 Å². The minimum Gasteiger partial charge on any atom is -0.357 e. The van der Waals surface area contributed by atoms with Gasteiger partial charge in [-0.25, -0.2) is 4.98 Å². The molecule has 5 heteroatoms. The Morgan fingerprint density at radius 2 is 1.96 bits per heavy atom. The van der Waals surface area contributed by atoms with Crippen molar-refractivity contribution >= 4 is 17.3 Å². The summed E-state index contributed by atoms with van der Waals surface area (Å²) >= 11 is 1.74. The van der Waals surface area contributed by atoms with Crippen LogP contribution < -0.4 is 10.6 Å². The zero-order chi connectivity index (χ0) is 16.3. The average molecular weight is 331 g/mol. The monoisotopic (exact) mass is 330 g/mol. The number of aromatic nitrogens is 1. The van der Waals surface area contributed by atoms with Gasteiger partial charge in [0.1, 0.15) is 0 Å². The molecule has 0 aliphatic heterocycles. The van der Waals surface area contributed by atoms with Crippen LogP contribution in [0.5, 0.6) is 0 Å². The molecule has 124 valence electrons. The molecule has 23 heavy (non-hydrogen) atoms. The van der Waals surface area contributed by atoms with Gasteiger partial charge in [-0.15, -0.1) is 11.3 Å². The Morgan fingerprint density at radius 3 is 2.65 bits per heavy atom. The SMILES string of the molecule is CCNC(=NCCc1csc(CC)n1)NCCc1ccccc1. The van der Waals surface area contributed by atoms with Crippen molar-refractivity contribution in [3.63, 3.8) is 0 Å². The summed E-state index contributed by atoms with van der Waals surface area (Å²) in [4.78, 5) is 9.22. The van der Waals surface area contributed by atoms with Crippen LogP contribution in [0.15, 0.2) is 40.7 Å². The number of guanidine groups is 1. The maximum Gasteiger partial charge on any atom is 0.191 e. The van der Waals surface area contributed by atoms with E-state index in [-0.39, 0.29) is 0 Å². The molecule has 2 N–H and O–H groups in total. The van der Waals surface area contributed by atoms with Crippen molar-refractivity contribution in [3.05, 3.63) is 52.0 Å². The quantitative estimate of drug-likeness (QED) is 0.578. The van der Waals surface area contributed by atoms with Crippen LogP contribution in [0.1, 0.15) is 30.1 Å². The Morgan fingerprint density at radius 1 is 1.13 bits per heavy atom. The number of aliphatic imine (C=N–C) groups is 1. The lowest BCUT2D eigenvalue weighted by molar-refractivity contribution is 0.794. The van der Waals surface area contributed by atoms with E-state index >= 15 is 0 Å². The van der Waals surface area contributed by atoms with Gasteiger partial charge < -0.3 is 10.6 Å². The zero-order valence-electron chi connectivity index (χ0n) is 14.0. The molecular formula is C18H26N4S. The Hall–Kier alpha value is -1.88. The first-order chi connectivity index (χ1) is 11.3. The number of rotatable bonds is 8. The van der Waals surface area contributed by atoms with Crippen LogP contribution in [-0.2, 0) is 19.3 Å². The van der Waals surface area contributed by atoms with Crippen LogP contribution in [0.4, 0.5) is 0 Å². The van der Waals surface area contributed by atoms with Gasteiger partial charge in [0.15, 0.2) is 5.96 Å². The van der Waals surface area contributed by atoms with Crippen molar-refractivity contribution < 1.29 is 0 Å². The molecule has 0 aliphatic rings. The van der Waals surface area contributed by atoms with E-state index in [4.69, 9.17) is 0 Å². The van der Waals surface area contributed by atoms with Gasteiger partial charge in [0, 0.05) is 31.4 Å². The number of thiazole rings is 1. The zero-order valence-corrected chi connectivity index (χ0v) is 14.8. The maximum absolute atomic E-state index is 4.63. The van der Waals surface area contributed by atoms with Gasteiger partial charge in [-0.3, -0.25) is 4.99 Å². The summed E-state index contributed by atoms with van der Waals surface area (Å²) in [7, 11) is 0. The molecule has 0 saturated carbocycles. The molecule has 0 fully saturated rings. The first-order valence-electron chi connectivity index (χ1n) is 8.31. The van der Waals surface area contributed by atoms with Crippen molar-refractivity contribution in [1.82, 2.24) is 15.6 Å². The number of benzene rings is 1. The van der Waals surface area contributed by atoms with E-state index < -0.39 is 0 Å².